The van der Waals surface area contributed by atoms with Gasteiger partial charge in [-0.2, -0.15) is 5.26 Å². The summed E-state index contributed by atoms with van der Waals surface area (Å²) >= 11 is 3.43. The summed E-state index contributed by atoms with van der Waals surface area (Å²) in [7, 11) is 1.88. The van der Waals surface area contributed by atoms with Crippen LogP contribution in [0.5, 0.6) is 0 Å². The van der Waals surface area contributed by atoms with Gasteiger partial charge in [-0.1, -0.05) is 22.0 Å². The fraction of sp³-hybridized carbons (Fsp3) is 0.154. The van der Waals surface area contributed by atoms with Crippen LogP contribution in [-0.2, 0) is 13.6 Å². The summed E-state index contributed by atoms with van der Waals surface area (Å²) in [6, 6.07) is 12.1. The van der Waals surface area contributed by atoms with E-state index in [-0.39, 0.29) is 0 Å². The van der Waals surface area contributed by atoms with E-state index < -0.39 is 0 Å². The fourth-order valence-electron chi connectivity index (χ4n) is 1.64. The van der Waals surface area contributed by atoms with Gasteiger partial charge in [-0.3, -0.25) is 0 Å². The second-order valence-electron chi connectivity index (χ2n) is 3.82. The van der Waals surface area contributed by atoms with Crippen molar-refractivity contribution in [1.82, 2.24) is 4.57 Å². The van der Waals surface area contributed by atoms with Gasteiger partial charge in [-0.25, -0.2) is 0 Å². The number of hydrogen-bond acceptors (Lipinski definition) is 2. The van der Waals surface area contributed by atoms with Crippen molar-refractivity contribution in [1.29, 1.82) is 5.26 Å². The minimum Gasteiger partial charge on any atom is -0.381 e. The Balaban J connectivity index is 2.05. The summed E-state index contributed by atoms with van der Waals surface area (Å²) in [6.45, 7) is 0.714. The van der Waals surface area contributed by atoms with Crippen molar-refractivity contribution < 1.29 is 0 Å². The van der Waals surface area contributed by atoms with Crippen molar-refractivity contribution in [2.45, 2.75) is 6.54 Å². The molecule has 1 heterocycles. The third-order valence-electron chi connectivity index (χ3n) is 2.50. The predicted octanol–water partition coefficient (Wildman–Crippen LogP) is 3.27. The molecule has 2 aromatic rings. The van der Waals surface area contributed by atoms with Crippen LogP contribution in [0.25, 0.3) is 0 Å². The van der Waals surface area contributed by atoms with Crippen LogP contribution in [0.3, 0.4) is 0 Å². The van der Waals surface area contributed by atoms with E-state index in [0.717, 1.165) is 15.7 Å². The topological polar surface area (TPSA) is 40.8 Å². The second kappa shape index (κ2) is 5.07. The Kier molecular flexibility index (Phi) is 3.50. The Bertz CT molecular complexity index is 566. The molecule has 0 fully saturated rings. The van der Waals surface area contributed by atoms with E-state index in [1.807, 2.05) is 48.1 Å². The molecule has 0 atom stereocenters. The third-order valence-corrected chi connectivity index (χ3v) is 2.99. The number of rotatable bonds is 3. The standard InChI is InChI=1S/C13H12BrN3/c1-17-9-10(5-13(17)7-15)8-16-12-4-2-3-11(14)6-12/h2-6,9,16H,8H2,1H3. The van der Waals surface area contributed by atoms with Gasteiger partial charge in [0, 0.05) is 29.9 Å². The molecular formula is C13H12BrN3. The van der Waals surface area contributed by atoms with E-state index in [1.54, 1.807) is 0 Å². The van der Waals surface area contributed by atoms with Gasteiger partial charge in [0.2, 0.25) is 0 Å². The lowest BCUT2D eigenvalue weighted by Gasteiger charge is -2.04. The van der Waals surface area contributed by atoms with Gasteiger partial charge in [0.1, 0.15) is 11.8 Å². The summed E-state index contributed by atoms with van der Waals surface area (Å²) in [5, 5.41) is 12.2. The highest BCUT2D eigenvalue weighted by molar-refractivity contribution is 9.10. The van der Waals surface area contributed by atoms with E-state index in [2.05, 4.69) is 27.3 Å². The lowest BCUT2D eigenvalue weighted by atomic mass is 10.3. The Labute approximate surface area is 109 Å². The zero-order valence-electron chi connectivity index (χ0n) is 9.44. The molecule has 0 amide bonds. The van der Waals surface area contributed by atoms with Crippen molar-refractivity contribution in [3.8, 4) is 6.07 Å². The summed E-state index contributed by atoms with van der Waals surface area (Å²) in [6.07, 6.45) is 1.96. The molecule has 0 spiro atoms. The molecule has 0 saturated heterocycles. The first-order chi connectivity index (χ1) is 8.19. The van der Waals surface area contributed by atoms with Crippen LogP contribution in [-0.4, -0.2) is 4.57 Å². The third kappa shape index (κ3) is 2.89. The maximum atomic E-state index is 8.86. The molecule has 86 valence electrons. The molecule has 1 aromatic heterocycles. The first kappa shape index (κ1) is 11.7. The highest BCUT2D eigenvalue weighted by Gasteiger charge is 2.01. The number of aryl methyl sites for hydroxylation is 1. The van der Waals surface area contributed by atoms with Crippen LogP contribution in [0.4, 0.5) is 5.69 Å². The predicted molar refractivity (Wildman–Crippen MR) is 71.6 cm³/mol. The highest BCUT2D eigenvalue weighted by atomic mass is 79.9. The number of halogens is 1. The van der Waals surface area contributed by atoms with Gasteiger partial charge in [0.15, 0.2) is 0 Å². The van der Waals surface area contributed by atoms with Gasteiger partial charge in [-0.05, 0) is 29.8 Å². The number of anilines is 1. The SMILES string of the molecule is Cn1cc(CNc2cccc(Br)c2)cc1C#N. The van der Waals surface area contributed by atoms with Crippen LogP contribution in [0, 0.1) is 11.3 Å². The number of benzene rings is 1. The molecule has 4 heteroatoms. The summed E-state index contributed by atoms with van der Waals surface area (Å²) in [5.74, 6) is 0. The number of hydrogen-bond donors (Lipinski definition) is 1. The van der Waals surface area contributed by atoms with Crippen molar-refractivity contribution >= 4 is 21.6 Å². The molecule has 1 N–H and O–H groups in total. The first-order valence-electron chi connectivity index (χ1n) is 5.24. The highest BCUT2D eigenvalue weighted by Crippen LogP contribution is 2.16. The normalized spacial score (nSPS) is 9.94. The first-order valence-corrected chi connectivity index (χ1v) is 6.03. The molecule has 0 unspecified atom stereocenters. The Hall–Kier alpha value is -1.73. The summed E-state index contributed by atoms with van der Waals surface area (Å²) < 4.78 is 2.88. The molecule has 0 bridgehead atoms. The van der Waals surface area contributed by atoms with Gasteiger partial charge >= 0.3 is 0 Å². The number of nitrogens with zero attached hydrogens (tertiary/aromatic N) is 2. The quantitative estimate of drug-likeness (QED) is 0.942. The Morgan fingerprint density at radius 2 is 2.24 bits per heavy atom. The molecule has 0 aliphatic heterocycles. The van der Waals surface area contributed by atoms with Crippen LogP contribution < -0.4 is 5.32 Å². The van der Waals surface area contributed by atoms with Crippen LogP contribution in [0.15, 0.2) is 41.0 Å². The van der Waals surface area contributed by atoms with Crippen molar-refractivity contribution in [3.63, 3.8) is 0 Å². The van der Waals surface area contributed by atoms with Gasteiger partial charge < -0.3 is 9.88 Å². The molecule has 0 saturated carbocycles. The molecule has 2 rings (SSSR count). The van der Waals surface area contributed by atoms with E-state index in [9.17, 15) is 0 Å². The molecule has 1 aromatic carbocycles. The smallest absolute Gasteiger partial charge is 0.120 e. The Morgan fingerprint density at radius 1 is 1.41 bits per heavy atom. The average molecular weight is 290 g/mol. The van der Waals surface area contributed by atoms with Crippen LogP contribution in [0.2, 0.25) is 0 Å². The van der Waals surface area contributed by atoms with Crippen molar-refractivity contribution in [2.24, 2.45) is 7.05 Å². The maximum absolute atomic E-state index is 8.86. The summed E-state index contributed by atoms with van der Waals surface area (Å²) in [4.78, 5) is 0. The molecule has 17 heavy (non-hydrogen) atoms. The van der Waals surface area contributed by atoms with Crippen molar-refractivity contribution in [3.05, 3.63) is 52.3 Å². The second-order valence-corrected chi connectivity index (χ2v) is 4.74. The maximum Gasteiger partial charge on any atom is 0.120 e. The summed E-state index contributed by atoms with van der Waals surface area (Å²) in [5.41, 5.74) is 2.84. The number of aromatic nitrogens is 1. The molecule has 0 radical (unpaired) electrons. The van der Waals surface area contributed by atoms with E-state index >= 15 is 0 Å². The average Bonchev–Trinajstić information content (AvgIpc) is 2.67. The molecule has 0 aliphatic rings. The van der Waals surface area contributed by atoms with Crippen molar-refractivity contribution in [2.75, 3.05) is 5.32 Å². The minimum atomic E-state index is 0.677. The molecule has 0 aliphatic carbocycles. The van der Waals surface area contributed by atoms with Gasteiger partial charge in [-0.15, -0.1) is 0 Å². The fourth-order valence-corrected chi connectivity index (χ4v) is 2.04. The van der Waals surface area contributed by atoms with E-state index in [4.69, 9.17) is 5.26 Å². The van der Waals surface area contributed by atoms with Gasteiger partial charge in [0.05, 0.1) is 0 Å². The largest absolute Gasteiger partial charge is 0.381 e. The lowest BCUT2D eigenvalue weighted by Crippen LogP contribution is -1.97. The minimum absolute atomic E-state index is 0.677. The zero-order chi connectivity index (χ0) is 12.3. The van der Waals surface area contributed by atoms with Crippen LogP contribution in [0.1, 0.15) is 11.3 Å². The lowest BCUT2D eigenvalue weighted by molar-refractivity contribution is 0.902. The van der Waals surface area contributed by atoms with Gasteiger partial charge in [0.25, 0.3) is 0 Å². The molecular weight excluding hydrogens is 278 g/mol. The zero-order valence-corrected chi connectivity index (χ0v) is 11.0. The van der Waals surface area contributed by atoms with Crippen LogP contribution >= 0.6 is 15.9 Å². The monoisotopic (exact) mass is 289 g/mol. The van der Waals surface area contributed by atoms with E-state index in [0.29, 0.717) is 12.2 Å². The molecule has 3 nitrogen and oxygen atoms in total. The number of nitrogens with one attached hydrogen (secondary N) is 1. The number of nitriles is 1. The van der Waals surface area contributed by atoms with E-state index in [1.165, 1.54) is 0 Å². The Morgan fingerprint density at radius 3 is 2.88 bits per heavy atom.